The first-order valence-electron chi connectivity index (χ1n) is 23.0. The molecule has 2 aliphatic rings. The highest BCUT2D eigenvalue weighted by molar-refractivity contribution is 5.97. The molecule has 0 spiro atoms. The molecule has 2 aliphatic heterocycles. The summed E-state index contributed by atoms with van der Waals surface area (Å²) in [6.07, 6.45) is 5.48. The molecular weight excluding hydrogens is 869 g/mol. The molecule has 6 amide bonds. The molecule has 8 N–H and O–H groups in total. The summed E-state index contributed by atoms with van der Waals surface area (Å²) < 4.78 is 5.37. The standard InChI is InChI=1S/C51H60N8O9/c52-23-27-68-28-25-54-48(65)42-21-24-53-44(60)18-19-46(62)59-26-6-22-51(34-59,31-36-7-2-1-3-8-36)50(67)58-43(49(66)56-33-39-10-5-4-9-38(39)30-45(61)57-42)29-35-11-13-37(14-12-35)40-15-16-41(55-32-40)17-20-47(63)64/h1-5,7-16,18-19,32,42-43H,6,17,20-31,33-34,52H2,(H,53,60)(H,54,65)(H,56,66)(H,57,61)(H,58,67)(H,63,64)/b19-18+/t42-,43-,51-/m0/s1. The zero-order valence-electron chi connectivity index (χ0n) is 38.0. The Morgan fingerprint density at radius 1 is 0.853 bits per heavy atom. The normalized spacial score (nSPS) is 20.2. The minimum Gasteiger partial charge on any atom is -0.481 e. The van der Waals surface area contributed by atoms with E-state index in [0.717, 1.165) is 34.4 Å². The van der Waals surface area contributed by atoms with Crippen molar-refractivity contribution in [2.24, 2.45) is 11.1 Å². The number of carbonyl (C=O) groups is 7. The van der Waals surface area contributed by atoms with Gasteiger partial charge in [-0.1, -0.05) is 84.9 Å². The number of aryl methyl sites for hydroxylation is 1. The summed E-state index contributed by atoms with van der Waals surface area (Å²) in [5, 5.41) is 23.4. The van der Waals surface area contributed by atoms with Gasteiger partial charge in [0.15, 0.2) is 0 Å². The zero-order chi connectivity index (χ0) is 48.3. The van der Waals surface area contributed by atoms with Gasteiger partial charge in [0.25, 0.3) is 0 Å². The van der Waals surface area contributed by atoms with E-state index in [2.05, 4.69) is 31.6 Å². The molecule has 4 aromatic rings. The van der Waals surface area contributed by atoms with Gasteiger partial charge in [-0.15, -0.1) is 0 Å². The van der Waals surface area contributed by atoms with Crippen LogP contribution in [0.5, 0.6) is 0 Å². The number of rotatable bonds is 14. The number of aromatic nitrogens is 1. The predicted molar refractivity (Wildman–Crippen MR) is 253 cm³/mol. The van der Waals surface area contributed by atoms with E-state index in [9.17, 15) is 33.6 Å². The third-order valence-corrected chi connectivity index (χ3v) is 12.0. The molecule has 0 aliphatic carbocycles. The molecule has 0 saturated carbocycles. The number of nitrogens with one attached hydrogen (secondary N) is 5. The van der Waals surface area contributed by atoms with E-state index in [0.29, 0.717) is 55.8 Å². The second-order valence-electron chi connectivity index (χ2n) is 17.1. The molecule has 17 heteroatoms. The Kier molecular flexibility index (Phi) is 18.5. The smallest absolute Gasteiger partial charge is 0.303 e. The van der Waals surface area contributed by atoms with Gasteiger partial charge >= 0.3 is 5.97 Å². The van der Waals surface area contributed by atoms with Gasteiger partial charge in [0.1, 0.15) is 12.1 Å². The maximum Gasteiger partial charge on any atom is 0.303 e. The first kappa shape index (κ1) is 50.2. The lowest BCUT2D eigenvalue weighted by atomic mass is 9.74. The number of aliphatic carboxylic acids is 1. The van der Waals surface area contributed by atoms with Crippen LogP contribution in [0.3, 0.4) is 0 Å². The van der Waals surface area contributed by atoms with Crippen molar-refractivity contribution >= 4 is 41.4 Å². The Bertz CT molecular complexity index is 2410. The molecule has 1 fully saturated rings. The molecule has 3 aromatic carbocycles. The van der Waals surface area contributed by atoms with Crippen LogP contribution in [-0.4, -0.2) is 114 Å². The van der Waals surface area contributed by atoms with Crippen molar-refractivity contribution in [2.75, 3.05) is 45.9 Å². The maximum atomic E-state index is 14.9. The highest BCUT2D eigenvalue weighted by Crippen LogP contribution is 2.35. The predicted octanol–water partition coefficient (Wildman–Crippen LogP) is 2.16. The van der Waals surface area contributed by atoms with Gasteiger partial charge in [-0.3, -0.25) is 38.5 Å². The number of benzene rings is 3. The van der Waals surface area contributed by atoms with Crippen LogP contribution in [0.2, 0.25) is 0 Å². The van der Waals surface area contributed by atoms with Crippen LogP contribution in [0, 0.1) is 5.41 Å². The number of carboxylic acids is 1. The number of pyridine rings is 1. The molecule has 17 nitrogen and oxygen atoms in total. The molecule has 1 saturated heterocycles. The Hall–Kier alpha value is -7.24. The molecule has 358 valence electrons. The Morgan fingerprint density at radius 2 is 1.60 bits per heavy atom. The summed E-state index contributed by atoms with van der Waals surface area (Å²) >= 11 is 0. The number of ether oxygens (including phenoxy) is 1. The number of hydrogen-bond donors (Lipinski definition) is 7. The molecule has 0 radical (unpaired) electrons. The van der Waals surface area contributed by atoms with Crippen LogP contribution in [0.1, 0.15) is 53.6 Å². The first-order valence-corrected chi connectivity index (χ1v) is 23.0. The van der Waals surface area contributed by atoms with E-state index in [1.807, 2.05) is 60.7 Å². The fourth-order valence-corrected chi connectivity index (χ4v) is 8.39. The van der Waals surface area contributed by atoms with Crippen LogP contribution in [0.25, 0.3) is 11.1 Å². The van der Waals surface area contributed by atoms with Crippen LogP contribution in [-0.2, 0) is 70.5 Å². The van der Waals surface area contributed by atoms with Crippen molar-refractivity contribution in [2.45, 2.75) is 70.0 Å². The van der Waals surface area contributed by atoms with Gasteiger partial charge in [-0.05, 0) is 59.6 Å². The van der Waals surface area contributed by atoms with E-state index >= 15 is 0 Å². The van der Waals surface area contributed by atoms with Crippen molar-refractivity contribution in [1.29, 1.82) is 0 Å². The number of nitrogens with zero attached hydrogens (tertiary/aromatic N) is 2. The summed E-state index contributed by atoms with van der Waals surface area (Å²) in [5.41, 5.74) is 9.57. The van der Waals surface area contributed by atoms with Crippen molar-refractivity contribution in [3.8, 4) is 11.1 Å². The lowest BCUT2D eigenvalue weighted by Crippen LogP contribution is -2.58. The van der Waals surface area contributed by atoms with Crippen molar-refractivity contribution in [3.05, 3.63) is 137 Å². The molecular formula is C51H60N8O9. The monoisotopic (exact) mass is 928 g/mol. The molecule has 2 bridgehead atoms. The number of piperidine rings is 1. The summed E-state index contributed by atoms with van der Waals surface area (Å²) in [6.45, 7) is 1.44. The third kappa shape index (κ3) is 14.9. The molecule has 3 heterocycles. The number of hydrogen-bond acceptors (Lipinski definition) is 10. The fourth-order valence-electron chi connectivity index (χ4n) is 8.39. The number of carbonyl (C=O) groups excluding carboxylic acids is 6. The Labute approximate surface area is 395 Å². The van der Waals surface area contributed by atoms with Crippen molar-refractivity contribution in [3.63, 3.8) is 0 Å². The minimum absolute atomic E-state index is 0.000252. The van der Waals surface area contributed by atoms with Crippen LogP contribution in [0.4, 0.5) is 0 Å². The van der Waals surface area contributed by atoms with E-state index < -0.39 is 58.9 Å². The Morgan fingerprint density at radius 3 is 2.34 bits per heavy atom. The summed E-state index contributed by atoms with van der Waals surface area (Å²) in [5.74, 6) is -3.75. The number of amides is 6. The highest BCUT2D eigenvalue weighted by Gasteiger charge is 2.44. The summed E-state index contributed by atoms with van der Waals surface area (Å²) in [4.78, 5) is 100. The van der Waals surface area contributed by atoms with Gasteiger partial charge in [-0.25, -0.2) is 0 Å². The second-order valence-corrected chi connectivity index (χ2v) is 17.1. The molecule has 6 rings (SSSR count). The quantitative estimate of drug-likeness (QED) is 0.0903. The zero-order valence-corrected chi connectivity index (χ0v) is 38.0. The van der Waals surface area contributed by atoms with E-state index in [4.69, 9.17) is 15.6 Å². The topological polar surface area (TPSA) is 251 Å². The first-order chi connectivity index (χ1) is 32.9. The minimum atomic E-state index is -1.14. The van der Waals surface area contributed by atoms with Gasteiger partial charge in [0.05, 0.1) is 31.5 Å². The van der Waals surface area contributed by atoms with Crippen LogP contribution in [0.15, 0.2) is 109 Å². The number of fused-ring (bicyclic) bond motifs is 3. The van der Waals surface area contributed by atoms with Crippen molar-refractivity contribution in [1.82, 2.24) is 36.5 Å². The summed E-state index contributed by atoms with van der Waals surface area (Å²) in [6, 6.07) is 25.7. The van der Waals surface area contributed by atoms with Crippen LogP contribution < -0.4 is 32.3 Å². The second kappa shape index (κ2) is 25.0. The fraction of sp³-hybridized carbons (Fsp3) is 0.373. The average molecular weight is 929 g/mol. The highest BCUT2D eigenvalue weighted by atomic mass is 16.5. The molecule has 3 atom stereocenters. The molecule has 1 aromatic heterocycles. The summed E-state index contributed by atoms with van der Waals surface area (Å²) in [7, 11) is 0. The largest absolute Gasteiger partial charge is 0.481 e. The van der Waals surface area contributed by atoms with Gasteiger partial charge in [0.2, 0.25) is 35.4 Å². The average Bonchev–Trinajstić information content (AvgIpc) is 3.34. The van der Waals surface area contributed by atoms with Crippen molar-refractivity contribution < 1.29 is 43.4 Å². The molecule has 0 unspecified atom stereocenters. The Balaban J connectivity index is 1.29. The van der Waals surface area contributed by atoms with Gasteiger partial charge < -0.3 is 47.1 Å². The van der Waals surface area contributed by atoms with E-state index in [1.165, 1.54) is 0 Å². The SMILES string of the molecule is NCCOCCNC(=O)[C@@H]1CCNC(=O)/C=C/C(=O)N2CCC[C@](Cc3ccccc3)(C2)C(=O)N[C@@H](Cc2ccc(-c3ccc(CCC(=O)O)nc3)cc2)C(=O)NCc2ccccc2CC(=O)N1. The van der Waals surface area contributed by atoms with Crippen LogP contribution >= 0.6 is 0 Å². The lowest BCUT2D eigenvalue weighted by Gasteiger charge is -2.42. The lowest BCUT2D eigenvalue weighted by molar-refractivity contribution is -0.141. The number of nitrogens with two attached hydrogens (primary N) is 1. The maximum absolute atomic E-state index is 14.9. The molecule has 68 heavy (non-hydrogen) atoms. The number of carboxylic acid groups (broad SMARTS) is 1. The van der Waals surface area contributed by atoms with Gasteiger partial charge in [-0.2, -0.15) is 0 Å². The third-order valence-electron chi connectivity index (χ3n) is 12.0. The van der Waals surface area contributed by atoms with E-state index in [-0.39, 0.29) is 64.9 Å². The van der Waals surface area contributed by atoms with E-state index in [1.54, 1.807) is 41.4 Å². The van der Waals surface area contributed by atoms with Gasteiger partial charge in [0, 0.05) is 81.7 Å².